The largest absolute Gasteiger partial charge is 0.476 e. The molecule has 0 saturated carbocycles. The van der Waals surface area contributed by atoms with E-state index in [2.05, 4.69) is 0 Å². The quantitative estimate of drug-likeness (QED) is 0.0309. The van der Waals surface area contributed by atoms with Gasteiger partial charge < -0.3 is 69.3 Å². The lowest BCUT2D eigenvalue weighted by atomic mass is 9.96. The van der Waals surface area contributed by atoms with Gasteiger partial charge in [-0.15, -0.1) is 0 Å². The standard InChI is InChI=1S/C36H62O18/c1-3-14-22(39)17-27(42)53-33-29(44)28(43)25(18-37)51-36(33)54-32-26(20-49-21(2)38)52-35(31(46)30(32)45)50-19-23(40)15-12-10-8-6-4-5-7-9-11-13-16-24(41)34(47)48/h22-23,25-26,28-33,35-37,39-40,43-46H,3-20H2,1-2H3,(H,47,48)/t22?,23?,25-,26-,28-,29+,30-,31-,32-,33-,35-,36+/m1/s1. The molecule has 18 nitrogen and oxygen atoms in total. The maximum absolute atomic E-state index is 12.6. The molecule has 18 heteroatoms. The van der Waals surface area contributed by atoms with Crippen molar-refractivity contribution < 1.29 is 88.5 Å². The van der Waals surface area contributed by atoms with Gasteiger partial charge in [-0.1, -0.05) is 71.1 Å². The van der Waals surface area contributed by atoms with E-state index in [0.717, 1.165) is 58.3 Å². The summed E-state index contributed by atoms with van der Waals surface area (Å²) >= 11 is 0. The lowest BCUT2D eigenvalue weighted by Gasteiger charge is -2.46. The van der Waals surface area contributed by atoms with Gasteiger partial charge in [-0.05, 0) is 19.3 Å². The van der Waals surface area contributed by atoms with Crippen molar-refractivity contribution in [2.24, 2.45) is 0 Å². The first-order chi connectivity index (χ1) is 25.7. The smallest absolute Gasteiger partial charge is 0.372 e. The van der Waals surface area contributed by atoms with E-state index >= 15 is 0 Å². The number of unbranched alkanes of at least 4 members (excludes halogenated alkanes) is 9. The van der Waals surface area contributed by atoms with Gasteiger partial charge in [0.1, 0.15) is 49.3 Å². The summed E-state index contributed by atoms with van der Waals surface area (Å²) in [6, 6.07) is 0. The van der Waals surface area contributed by atoms with Crippen LogP contribution in [0.4, 0.5) is 0 Å². The third-order valence-corrected chi connectivity index (χ3v) is 9.38. The molecule has 0 bridgehead atoms. The second-order valence-corrected chi connectivity index (χ2v) is 14.0. The van der Waals surface area contributed by atoms with Gasteiger partial charge >= 0.3 is 17.9 Å². The summed E-state index contributed by atoms with van der Waals surface area (Å²) in [6.07, 6.45) is -8.34. The Morgan fingerprint density at radius 2 is 1.28 bits per heavy atom. The van der Waals surface area contributed by atoms with Crippen LogP contribution in [0.1, 0.15) is 110 Å². The fourth-order valence-electron chi connectivity index (χ4n) is 6.29. The van der Waals surface area contributed by atoms with E-state index in [1.165, 1.54) is 0 Å². The Morgan fingerprint density at radius 3 is 1.85 bits per heavy atom. The van der Waals surface area contributed by atoms with Gasteiger partial charge in [-0.25, -0.2) is 4.79 Å². The Balaban J connectivity index is 1.88. The van der Waals surface area contributed by atoms with E-state index in [1.54, 1.807) is 6.92 Å². The third-order valence-electron chi connectivity index (χ3n) is 9.38. The SMILES string of the molecule is CCCC(O)CC(=O)O[C@H]1[C@H](O[C@H]2[C@H](O)[C@@H](O)[C@H](OCC(O)CCCCCCCCCCCCC(=O)C(=O)O)O[C@@H]2COC(C)=O)O[C@H](CO)[C@@H](O)[C@@H]1O. The summed E-state index contributed by atoms with van der Waals surface area (Å²) in [6.45, 7) is 1.40. The highest BCUT2D eigenvalue weighted by Crippen LogP contribution is 2.31. The van der Waals surface area contributed by atoms with Gasteiger partial charge in [0.25, 0.3) is 0 Å². The molecular weight excluding hydrogens is 720 g/mol. The molecule has 2 aliphatic heterocycles. The van der Waals surface area contributed by atoms with E-state index in [9.17, 15) is 54.9 Å². The Hall–Kier alpha value is -2.36. The molecule has 0 spiro atoms. The van der Waals surface area contributed by atoms with Gasteiger partial charge in [0.05, 0.1) is 31.8 Å². The Labute approximate surface area is 315 Å². The van der Waals surface area contributed by atoms with E-state index in [1.807, 2.05) is 0 Å². The third kappa shape index (κ3) is 16.8. The molecule has 0 radical (unpaired) electrons. The topological polar surface area (TPSA) is 286 Å². The van der Waals surface area contributed by atoms with Crippen molar-refractivity contribution >= 4 is 23.7 Å². The minimum atomic E-state index is -1.83. The molecule has 8 N–H and O–H groups in total. The van der Waals surface area contributed by atoms with Gasteiger partial charge in [0.2, 0.25) is 5.78 Å². The number of hydrogen-bond donors (Lipinski definition) is 8. The summed E-state index contributed by atoms with van der Waals surface area (Å²) in [5.41, 5.74) is 0. The van der Waals surface area contributed by atoms with Crippen molar-refractivity contribution in [1.82, 2.24) is 0 Å². The molecule has 0 aromatic rings. The maximum atomic E-state index is 12.6. The molecule has 0 amide bonds. The number of carboxylic acids is 1. The Bertz CT molecular complexity index is 1110. The van der Waals surface area contributed by atoms with Gasteiger partial charge in [0.15, 0.2) is 18.7 Å². The van der Waals surface area contributed by atoms with Crippen LogP contribution in [0.5, 0.6) is 0 Å². The van der Waals surface area contributed by atoms with Gasteiger partial charge in [-0.3, -0.25) is 14.4 Å². The second-order valence-electron chi connectivity index (χ2n) is 14.0. The number of Topliss-reactive ketones (excluding diaryl/α,β-unsaturated/α-hetero) is 1. The number of aliphatic carboxylic acids is 1. The number of aliphatic hydroxyl groups is 7. The van der Waals surface area contributed by atoms with E-state index in [4.69, 9.17) is 33.5 Å². The molecule has 314 valence electrons. The van der Waals surface area contributed by atoms with Crippen molar-refractivity contribution in [3.05, 3.63) is 0 Å². The van der Waals surface area contributed by atoms with E-state index < -0.39 is 117 Å². The molecule has 2 fully saturated rings. The minimum absolute atomic E-state index is 0.0754. The fourth-order valence-corrected chi connectivity index (χ4v) is 6.29. The van der Waals surface area contributed by atoms with Crippen molar-refractivity contribution in [2.45, 2.75) is 184 Å². The number of esters is 2. The van der Waals surface area contributed by atoms with Crippen LogP contribution >= 0.6 is 0 Å². The predicted molar refractivity (Wildman–Crippen MR) is 185 cm³/mol. The van der Waals surface area contributed by atoms with Crippen LogP contribution < -0.4 is 0 Å². The first kappa shape index (κ1) is 47.8. The molecule has 54 heavy (non-hydrogen) atoms. The number of hydrogen-bond acceptors (Lipinski definition) is 17. The van der Waals surface area contributed by atoms with Crippen LogP contribution in [0.2, 0.25) is 0 Å². The van der Waals surface area contributed by atoms with Crippen LogP contribution in [-0.4, -0.2) is 158 Å². The summed E-state index contributed by atoms with van der Waals surface area (Å²) < 4.78 is 33.3. The summed E-state index contributed by atoms with van der Waals surface area (Å²) in [5, 5.41) is 82.2. The predicted octanol–water partition coefficient (Wildman–Crippen LogP) is -0.00430. The van der Waals surface area contributed by atoms with Crippen LogP contribution in [0, 0.1) is 0 Å². The van der Waals surface area contributed by atoms with Crippen molar-refractivity contribution in [2.75, 3.05) is 19.8 Å². The van der Waals surface area contributed by atoms with Gasteiger partial charge in [-0.2, -0.15) is 0 Å². The van der Waals surface area contributed by atoms with Crippen molar-refractivity contribution in [3.63, 3.8) is 0 Å². The first-order valence-electron chi connectivity index (χ1n) is 19.1. The van der Waals surface area contributed by atoms with E-state index in [-0.39, 0.29) is 13.0 Å². The normalized spacial score (nSPS) is 29.6. The zero-order valence-corrected chi connectivity index (χ0v) is 31.3. The van der Waals surface area contributed by atoms with Crippen LogP contribution in [0.15, 0.2) is 0 Å². The average Bonchev–Trinajstić information content (AvgIpc) is 3.12. The highest BCUT2D eigenvalue weighted by Gasteiger charge is 2.52. The van der Waals surface area contributed by atoms with Crippen LogP contribution in [0.25, 0.3) is 0 Å². The number of carbonyl (C=O) groups is 4. The Kier molecular flexibility index (Phi) is 22.8. The molecule has 2 aliphatic rings. The maximum Gasteiger partial charge on any atom is 0.372 e. The number of rotatable bonds is 27. The van der Waals surface area contributed by atoms with Gasteiger partial charge in [0, 0.05) is 13.3 Å². The highest BCUT2D eigenvalue weighted by molar-refractivity contribution is 6.32. The molecule has 2 unspecified atom stereocenters. The highest BCUT2D eigenvalue weighted by atomic mass is 16.8. The monoisotopic (exact) mass is 782 g/mol. The molecule has 2 rings (SSSR count). The average molecular weight is 783 g/mol. The molecular formula is C36H62O18. The molecule has 0 aliphatic carbocycles. The second kappa shape index (κ2) is 25.7. The summed E-state index contributed by atoms with van der Waals surface area (Å²) in [4.78, 5) is 45.9. The van der Waals surface area contributed by atoms with Crippen molar-refractivity contribution in [3.8, 4) is 0 Å². The molecule has 0 aromatic carbocycles. The molecule has 2 heterocycles. The minimum Gasteiger partial charge on any atom is -0.476 e. The molecule has 12 atom stereocenters. The number of aliphatic hydroxyl groups excluding tert-OH is 7. The van der Waals surface area contributed by atoms with Crippen LogP contribution in [-0.2, 0) is 47.6 Å². The molecule has 0 aromatic heterocycles. The zero-order valence-electron chi connectivity index (χ0n) is 31.3. The Morgan fingerprint density at radius 1 is 0.704 bits per heavy atom. The summed E-state index contributed by atoms with van der Waals surface area (Å²) in [7, 11) is 0. The number of carboxylic acid groups (broad SMARTS) is 1. The number of carbonyl (C=O) groups excluding carboxylic acids is 3. The van der Waals surface area contributed by atoms with E-state index in [0.29, 0.717) is 32.1 Å². The zero-order chi connectivity index (χ0) is 40.2. The first-order valence-corrected chi connectivity index (χ1v) is 19.1. The number of ketones is 1. The fraction of sp³-hybridized carbons (Fsp3) is 0.889. The lowest BCUT2D eigenvalue weighted by molar-refractivity contribution is -0.361. The lowest BCUT2D eigenvalue weighted by Crippen LogP contribution is -2.65. The molecule has 2 saturated heterocycles. The van der Waals surface area contributed by atoms with Crippen molar-refractivity contribution in [1.29, 1.82) is 0 Å². The number of ether oxygens (including phenoxy) is 6. The summed E-state index contributed by atoms with van der Waals surface area (Å²) in [5.74, 6) is -3.79. The van der Waals surface area contributed by atoms with Crippen LogP contribution in [0.3, 0.4) is 0 Å².